The lowest BCUT2D eigenvalue weighted by Crippen LogP contribution is -2.40. The van der Waals surface area contributed by atoms with Gasteiger partial charge in [0.1, 0.15) is 0 Å². The van der Waals surface area contributed by atoms with Crippen LogP contribution in [-0.2, 0) is 16.0 Å². The van der Waals surface area contributed by atoms with Gasteiger partial charge in [0.15, 0.2) is 0 Å². The number of aromatic amines is 1. The van der Waals surface area contributed by atoms with Gasteiger partial charge in [-0.2, -0.15) is 0 Å². The van der Waals surface area contributed by atoms with Gasteiger partial charge in [0.05, 0.1) is 25.2 Å². The van der Waals surface area contributed by atoms with Crippen LogP contribution >= 0.6 is 0 Å². The molecule has 2 amide bonds. The van der Waals surface area contributed by atoms with E-state index in [0.29, 0.717) is 31.9 Å². The molecule has 0 spiro atoms. The number of primary amides is 1. The number of carbonyl (C=O) groups is 2. The van der Waals surface area contributed by atoms with Crippen molar-refractivity contribution in [1.82, 2.24) is 9.88 Å². The van der Waals surface area contributed by atoms with Crippen LogP contribution in [0, 0.1) is 13.8 Å². The summed E-state index contributed by atoms with van der Waals surface area (Å²) in [6.45, 7) is 6.52. The van der Waals surface area contributed by atoms with Crippen LogP contribution in [0.15, 0.2) is 48.5 Å². The second-order valence-electron chi connectivity index (χ2n) is 8.79. The molecular formula is C27H27N3O3. The number of rotatable bonds is 4. The number of nitrogens with one attached hydrogen (secondary N) is 1. The molecular weight excluding hydrogens is 414 g/mol. The SMILES string of the molecule is Cc1ccc(-c2cc(CC(N)=O)c3[nH]c4ccc(C(=O)N5CCOCC5)cc4c3c2)cc1C. The molecule has 0 aliphatic carbocycles. The molecule has 0 radical (unpaired) electrons. The van der Waals surface area contributed by atoms with Crippen molar-refractivity contribution in [3.8, 4) is 11.1 Å². The van der Waals surface area contributed by atoms with Gasteiger partial charge in [0.25, 0.3) is 5.91 Å². The summed E-state index contributed by atoms with van der Waals surface area (Å²) in [4.78, 5) is 30.2. The summed E-state index contributed by atoms with van der Waals surface area (Å²) >= 11 is 0. The van der Waals surface area contributed by atoms with E-state index in [-0.39, 0.29) is 18.2 Å². The van der Waals surface area contributed by atoms with E-state index in [1.807, 2.05) is 29.2 Å². The highest BCUT2D eigenvalue weighted by molar-refractivity contribution is 6.12. The van der Waals surface area contributed by atoms with Crippen LogP contribution in [0.1, 0.15) is 27.0 Å². The van der Waals surface area contributed by atoms with Crippen LogP contribution in [0.2, 0.25) is 0 Å². The van der Waals surface area contributed by atoms with Gasteiger partial charge in [0, 0.05) is 34.9 Å². The molecule has 6 nitrogen and oxygen atoms in total. The lowest BCUT2D eigenvalue weighted by atomic mass is 9.95. The molecule has 1 saturated heterocycles. The number of nitrogens with zero attached hydrogens (tertiary/aromatic N) is 1. The molecule has 33 heavy (non-hydrogen) atoms. The van der Waals surface area contributed by atoms with Gasteiger partial charge in [-0.25, -0.2) is 0 Å². The number of carbonyl (C=O) groups excluding carboxylic acids is 2. The number of aryl methyl sites for hydroxylation is 2. The second-order valence-corrected chi connectivity index (χ2v) is 8.79. The van der Waals surface area contributed by atoms with Crippen molar-refractivity contribution in [3.05, 3.63) is 70.8 Å². The van der Waals surface area contributed by atoms with Crippen molar-refractivity contribution < 1.29 is 14.3 Å². The van der Waals surface area contributed by atoms with Crippen LogP contribution in [0.4, 0.5) is 0 Å². The predicted octanol–water partition coefficient (Wildman–Crippen LogP) is 4.11. The minimum absolute atomic E-state index is 0.0113. The first-order valence-electron chi connectivity index (χ1n) is 11.2. The Morgan fingerprint density at radius 2 is 1.73 bits per heavy atom. The number of ether oxygens (including phenoxy) is 1. The molecule has 3 N–H and O–H groups in total. The van der Waals surface area contributed by atoms with E-state index in [0.717, 1.165) is 38.5 Å². The Kier molecular flexibility index (Phi) is 5.38. The first-order valence-corrected chi connectivity index (χ1v) is 11.2. The number of H-pyrrole nitrogens is 1. The van der Waals surface area contributed by atoms with Crippen molar-refractivity contribution in [2.45, 2.75) is 20.3 Å². The number of morpholine rings is 1. The van der Waals surface area contributed by atoms with Gasteiger partial charge in [0.2, 0.25) is 5.91 Å². The van der Waals surface area contributed by atoms with Crippen LogP contribution in [-0.4, -0.2) is 48.0 Å². The van der Waals surface area contributed by atoms with Crippen molar-refractivity contribution in [3.63, 3.8) is 0 Å². The summed E-state index contributed by atoms with van der Waals surface area (Å²) in [5, 5.41) is 1.94. The lowest BCUT2D eigenvalue weighted by Gasteiger charge is -2.26. The van der Waals surface area contributed by atoms with E-state index in [1.165, 1.54) is 11.1 Å². The summed E-state index contributed by atoms with van der Waals surface area (Å²) in [6.07, 6.45) is 0.140. The Morgan fingerprint density at radius 1 is 0.939 bits per heavy atom. The Bertz CT molecular complexity index is 1400. The highest BCUT2D eigenvalue weighted by Crippen LogP contribution is 2.34. The fourth-order valence-electron chi connectivity index (χ4n) is 4.57. The minimum Gasteiger partial charge on any atom is -0.378 e. The third-order valence-corrected chi connectivity index (χ3v) is 6.54. The van der Waals surface area contributed by atoms with Crippen molar-refractivity contribution in [2.24, 2.45) is 5.73 Å². The molecule has 0 saturated carbocycles. The molecule has 4 aromatic rings. The number of amides is 2. The Labute approximate surface area is 192 Å². The van der Waals surface area contributed by atoms with Gasteiger partial charge in [-0.1, -0.05) is 18.2 Å². The molecule has 1 aliphatic rings. The maximum absolute atomic E-state index is 13.1. The summed E-state index contributed by atoms with van der Waals surface area (Å²) in [7, 11) is 0. The Morgan fingerprint density at radius 3 is 2.45 bits per heavy atom. The Hall–Kier alpha value is -3.64. The van der Waals surface area contributed by atoms with E-state index >= 15 is 0 Å². The average molecular weight is 442 g/mol. The molecule has 3 aromatic carbocycles. The quantitative estimate of drug-likeness (QED) is 0.500. The molecule has 1 aliphatic heterocycles. The van der Waals surface area contributed by atoms with Gasteiger partial charge >= 0.3 is 0 Å². The third kappa shape index (κ3) is 3.98. The number of fused-ring (bicyclic) bond motifs is 3. The highest BCUT2D eigenvalue weighted by atomic mass is 16.5. The molecule has 1 fully saturated rings. The molecule has 0 bridgehead atoms. The van der Waals surface area contributed by atoms with Crippen molar-refractivity contribution in [1.29, 1.82) is 0 Å². The molecule has 1 aromatic heterocycles. The smallest absolute Gasteiger partial charge is 0.254 e. The average Bonchev–Trinajstić information content (AvgIpc) is 3.19. The van der Waals surface area contributed by atoms with Crippen LogP contribution in [0.25, 0.3) is 32.9 Å². The zero-order valence-corrected chi connectivity index (χ0v) is 18.9. The molecule has 0 unspecified atom stereocenters. The standard InChI is InChI=1S/C27H27N3O3/c1-16-3-4-18(11-17(16)2)20-12-21(15-25(28)31)26-23(14-20)22-13-19(5-6-24(22)29-26)27(32)30-7-9-33-10-8-30/h3-6,11-14,29H,7-10,15H2,1-2H3,(H2,28,31). The maximum atomic E-state index is 13.1. The maximum Gasteiger partial charge on any atom is 0.254 e. The number of hydrogen-bond donors (Lipinski definition) is 2. The largest absolute Gasteiger partial charge is 0.378 e. The van der Waals surface area contributed by atoms with Gasteiger partial charge < -0.3 is 20.4 Å². The molecule has 6 heteroatoms. The summed E-state index contributed by atoms with van der Waals surface area (Å²) in [5.41, 5.74) is 13.4. The number of hydrogen-bond acceptors (Lipinski definition) is 3. The molecule has 2 heterocycles. The van der Waals surface area contributed by atoms with E-state index in [2.05, 4.69) is 43.1 Å². The van der Waals surface area contributed by atoms with Gasteiger partial charge in [-0.3, -0.25) is 9.59 Å². The summed E-state index contributed by atoms with van der Waals surface area (Å²) in [6, 6.07) is 16.3. The summed E-state index contributed by atoms with van der Waals surface area (Å²) < 4.78 is 5.38. The Balaban J connectivity index is 1.68. The zero-order valence-electron chi connectivity index (χ0n) is 18.9. The number of aromatic nitrogens is 1. The van der Waals surface area contributed by atoms with E-state index < -0.39 is 0 Å². The molecule has 0 atom stereocenters. The van der Waals surface area contributed by atoms with Crippen molar-refractivity contribution in [2.75, 3.05) is 26.3 Å². The van der Waals surface area contributed by atoms with Crippen LogP contribution in [0.3, 0.4) is 0 Å². The van der Waals surface area contributed by atoms with Gasteiger partial charge in [-0.05, 0) is 72.0 Å². The first-order chi connectivity index (χ1) is 15.9. The lowest BCUT2D eigenvalue weighted by molar-refractivity contribution is -0.117. The van der Waals surface area contributed by atoms with E-state index in [9.17, 15) is 9.59 Å². The third-order valence-electron chi connectivity index (χ3n) is 6.54. The van der Waals surface area contributed by atoms with Gasteiger partial charge in [-0.15, -0.1) is 0 Å². The second kappa shape index (κ2) is 8.37. The fourth-order valence-corrected chi connectivity index (χ4v) is 4.57. The topological polar surface area (TPSA) is 88.4 Å². The van der Waals surface area contributed by atoms with E-state index in [4.69, 9.17) is 10.5 Å². The van der Waals surface area contributed by atoms with Crippen molar-refractivity contribution >= 4 is 33.6 Å². The van der Waals surface area contributed by atoms with Crippen LogP contribution < -0.4 is 5.73 Å². The van der Waals surface area contributed by atoms with E-state index in [1.54, 1.807) is 0 Å². The molecule has 168 valence electrons. The minimum atomic E-state index is -0.379. The normalized spacial score (nSPS) is 14.2. The number of benzene rings is 3. The fraction of sp³-hybridized carbons (Fsp3) is 0.259. The number of nitrogens with two attached hydrogens (primary N) is 1. The monoisotopic (exact) mass is 441 g/mol. The summed E-state index contributed by atoms with van der Waals surface area (Å²) in [5.74, 6) is -0.368. The molecule has 5 rings (SSSR count). The predicted molar refractivity (Wildman–Crippen MR) is 130 cm³/mol. The zero-order chi connectivity index (χ0) is 23.1. The van der Waals surface area contributed by atoms with Crippen LogP contribution in [0.5, 0.6) is 0 Å². The first kappa shape index (κ1) is 21.2. The highest BCUT2D eigenvalue weighted by Gasteiger charge is 2.20.